The molecule has 0 spiro atoms. The number of carbonyl (C=O) groups is 2. The summed E-state index contributed by atoms with van der Waals surface area (Å²) in [5, 5.41) is 14.0. The predicted octanol–water partition coefficient (Wildman–Crippen LogP) is 3.43. The molecule has 0 saturated heterocycles. The van der Waals surface area contributed by atoms with Gasteiger partial charge in [-0.05, 0) is 26.7 Å². The Balaban J connectivity index is 1.56. The van der Waals surface area contributed by atoms with Crippen molar-refractivity contribution < 1.29 is 9.59 Å². The maximum atomic E-state index is 12.4. The van der Waals surface area contributed by atoms with Crippen LogP contribution in [0.4, 0.5) is 4.79 Å². The number of carbonyl (C=O) groups excluding carboxylic acids is 2. The van der Waals surface area contributed by atoms with Crippen LogP contribution < -0.4 is 10.6 Å². The first-order chi connectivity index (χ1) is 13.4. The van der Waals surface area contributed by atoms with Crippen LogP contribution in [0.5, 0.6) is 0 Å². The number of nitrogens with one attached hydrogen (secondary N) is 2. The molecule has 3 rings (SSSR count). The lowest BCUT2D eigenvalue weighted by atomic mass is 9.96. The monoisotopic (exact) mass is 401 g/mol. The van der Waals surface area contributed by atoms with E-state index in [1.54, 1.807) is 6.92 Å². The van der Waals surface area contributed by atoms with Crippen molar-refractivity contribution in [1.29, 1.82) is 0 Å². The van der Waals surface area contributed by atoms with Gasteiger partial charge in [-0.1, -0.05) is 60.9 Å². The zero-order chi connectivity index (χ0) is 20.1. The minimum atomic E-state index is -0.467. The van der Waals surface area contributed by atoms with Gasteiger partial charge in [0.15, 0.2) is 11.0 Å². The predicted molar refractivity (Wildman–Crippen MR) is 110 cm³/mol. The van der Waals surface area contributed by atoms with Crippen molar-refractivity contribution in [3.05, 3.63) is 29.8 Å². The maximum Gasteiger partial charge on any atom is 0.321 e. The fraction of sp³-hybridized carbons (Fsp3) is 0.500. The second-order valence-electron chi connectivity index (χ2n) is 7.29. The highest BCUT2D eigenvalue weighted by molar-refractivity contribution is 8.00. The van der Waals surface area contributed by atoms with Crippen LogP contribution in [0, 0.1) is 6.92 Å². The standard InChI is InChI=1S/C20H27N5O2S/c1-13-9-11-15(12-10-13)17-23-24-20(25(17)3)28-14(2)18(26)22-19(27)21-16-7-5-4-6-8-16/h9-12,14,16H,4-8H2,1-3H3,(H2,21,22,26,27). The van der Waals surface area contributed by atoms with E-state index in [0.717, 1.165) is 37.1 Å². The maximum absolute atomic E-state index is 12.4. The number of urea groups is 1. The third kappa shape index (κ3) is 5.13. The fourth-order valence-electron chi connectivity index (χ4n) is 3.27. The minimum absolute atomic E-state index is 0.167. The fourth-order valence-corrected chi connectivity index (χ4v) is 4.08. The summed E-state index contributed by atoms with van der Waals surface area (Å²) in [5.41, 5.74) is 2.15. The third-order valence-corrected chi connectivity index (χ3v) is 6.11. The number of aryl methyl sites for hydroxylation is 1. The largest absolute Gasteiger partial charge is 0.335 e. The lowest BCUT2D eigenvalue weighted by Crippen LogP contribution is -2.47. The van der Waals surface area contributed by atoms with E-state index in [9.17, 15) is 9.59 Å². The molecule has 1 heterocycles. The first-order valence-corrected chi connectivity index (χ1v) is 10.6. The molecule has 2 N–H and O–H groups in total. The summed E-state index contributed by atoms with van der Waals surface area (Å²) >= 11 is 1.28. The molecule has 0 radical (unpaired) electrons. The van der Waals surface area contributed by atoms with Crippen molar-refractivity contribution in [2.45, 2.75) is 62.4 Å². The van der Waals surface area contributed by atoms with Gasteiger partial charge in [0, 0.05) is 18.7 Å². The average molecular weight is 402 g/mol. The van der Waals surface area contributed by atoms with Crippen LogP contribution >= 0.6 is 11.8 Å². The lowest BCUT2D eigenvalue weighted by molar-refractivity contribution is -0.119. The number of hydrogen-bond acceptors (Lipinski definition) is 5. The van der Waals surface area contributed by atoms with Crippen LogP contribution in [0.2, 0.25) is 0 Å². The highest BCUT2D eigenvalue weighted by Crippen LogP contribution is 2.26. The summed E-state index contributed by atoms with van der Waals surface area (Å²) in [4.78, 5) is 24.5. The second kappa shape index (κ2) is 9.23. The van der Waals surface area contributed by atoms with E-state index in [1.165, 1.54) is 23.7 Å². The van der Waals surface area contributed by atoms with E-state index >= 15 is 0 Å². The molecule has 1 atom stereocenters. The number of thioether (sulfide) groups is 1. The molecule has 0 bridgehead atoms. The van der Waals surface area contributed by atoms with Crippen LogP contribution in [-0.4, -0.2) is 38.0 Å². The quantitative estimate of drug-likeness (QED) is 0.750. The number of aromatic nitrogens is 3. The molecule has 0 aliphatic heterocycles. The first-order valence-electron chi connectivity index (χ1n) is 9.68. The van der Waals surface area contributed by atoms with Gasteiger partial charge < -0.3 is 9.88 Å². The Morgan fingerprint density at radius 2 is 1.82 bits per heavy atom. The molecule has 1 fully saturated rings. The smallest absolute Gasteiger partial charge is 0.321 e. The molecule has 1 aliphatic rings. The number of nitrogens with zero attached hydrogens (tertiary/aromatic N) is 3. The van der Waals surface area contributed by atoms with Crippen molar-refractivity contribution >= 4 is 23.7 Å². The molecule has 1 aromatic carbocycles. The Morgan fingerprint density at radius 3 is 2.50 bits per heavy atom. The highest BCUT2D eigenvalue weighted by Gasteiger charge is 2.22. The summed E-state index contributed by atoms with van der Waals surface area (Å²) in [7, 11) is 1.87. The zero-order valence-corrected chi connectivity index (χ0v) is 17.4. The third-order valence-electron chi connectivity index (χ3n) is 4.97. The molecule has 8 heteroatoms. The van der Waals surface area contributed by atoms with Crippen LogP contribution in [0.25, 0.3) is 11.4 Å². The van der Waals surface area contributed by atoms with Crippen LogP contribution in [0.1, 0.15) is 44.6 Å². The molecular weight excluding hydrogens is 374 g/mol. The summed E-state index contributed by atoms with van der Waals surface area (Å²) in [6.07, 6.45) is 5.43. The van der Waals surface area contributed by atoms with E-state index in [1.807, 2.05) is 42.8 Å². The van der Waals surface area contributed by atoms with Gasteiger partial charge in [-0.15, -0.1) is 10.2 Å². The van der Waals surface area contributed by atoms with Crippen molar-refractivity contribution in [2.75, 3.05) is 0 Å². The molecule has 7 nitrogen and oxygen atoms in total. The van der Waals surface area contributed by atoms with E-state index in [0.29, 0.717) is 5.16 Å². The second-order valence-corrected chi connectivity index (χ2v) is 8.60. The molecule has 1 aromatic heterocycles. The van der Waals surface area contributed by atoms with Gasteiger partial charge in [0.2, 0.25) is 5.91 Å². The van der Waals surface area contributed by atoms with Crippen LogP contribution in [0.3, 0.4) is 0 Å². The van der Waals surface area contributed by atoms with Gasteiger partial charge in [0.25, 0.3) is 0 Å². The zero-order valence-electron chi connectivity index (χ0n) is 16.6. The molecular formula is C20H27N5O2S. The van der Waals surface area contributed by atoms with Gasteiger partial charge in [-0.2, -0.15) is 0 Å². The minimum Gasteiger partial charge on any atom is -0.335 e. The van der Waals surface area contributed by atoms with Crippen LogP contribution in [-0.2, 0) is 11.8 Å². The van der Waals surface area contributed by atoms with Gasteiger partial charge in [-0.25, -0.2) is 4.79 Å². The van der Waals surface area contributed by atoms with Crippen molar-refractivity contribution in [1.82, 2.24) is 25.4 Å². The summed E-state index contributed by atoms with van der Waals surface area (Å²) in [6.45, 7) is 3.79. The van der Waals surface area contributed by atoms with Gasteiger partial charge in [-0.3, -0.25) is 10.1 Å². The summed E-state index contributed by atoms with van der Waals surface area (Å²) in [6, 6.07) is 7.80. The van der Waals surface area contributed by atoms with Crippen molar-refractivity contribution in [3.63, 3.8) is 0 Å². The normalized spacial score (nSPS) is 15.8. The topological polar surface area (TPSA) is 88.9 Å². The first kappa shape index (κ1) is 20.4. The molecule has 1 aliphatic carbocycles. The molecule has 1 unspecified atom stereocenters. The lowest BCUT2D eigenvalue weighted by Gasteiger charge is -2.23. The summed E-state index contributed by atoms with van der Waals surface area (Å²) in [5.74, 6) is 0.406. The summed E-state index contributed by atoms with van der Waals surface area (Å²) < 4.78 is 1.86. The van der Waals surface area contributed by atoms with Crippen LogP contribution in [0.15, 0.2) is 29.4 Å². The Hall–Kier alpha value is -2.35. The molecule has 150 valence electrons. The Morgan fingerprint density at radius 1 is 1.14 bits per heavy atom. The van der Waals surface area contributed by atoms with Gasteiger partial charge >= 0.3 is 6.03 Å². The van der Waals surface area contributed by atoms with Crippen molar-refractivity contribution in [2.24, 2.45) is 7.05 Å². The van der Waals surface area contributed by atoms with E-state index in [4.69, 9.17) is 0 Å². The molecule has 3 amide bonds. The molecule has 28 heavy (non-hydrogen) atoms. The Kier molecular flexibility index (Phi) is 6.72. The van der Waals surface area contributed by atoms with E-state index in [2.05, 4.69) is 20.8 Å². The SMILES string of the molecule is Cc1ccc(-c2nnc(SC(C)C(=O)NC(=O)NC3CCCCC3)n2C)cc1. The van der Waals surface area contributed by atoms with Gasteiger partial charge in [0.05, 0.1) is 5.25 Å². The van der Waals surface area contributed by atoms with E-state index < -0.39 is 11.3 Å². The number of amides is 3. The highest BCUT2D eigenvalue weighted by atomic mass is 32.2. The number of imide groups is 1. The number of hydrogen-bond donors (Lipinski definition) is 2. The molecule has 1 saturated carbocycles. The van der Waals surface area contributed by atoms with Crippen molar-refractivity contribution in [3.8, 4) is 11.4 Å². The Bertz CT molecular complexity index is 828. The van der Waals surface area contributed by atoms with Gasteiger partial charge in [0.1, 0.15) is 0 Å². The Labute approximate surface area is 169 Å². The molecule has 2 aromatic rings. The number of rotatable bonds is 5. The average Bonchev–Trinajstić information content (AvgIpc) is 3.03. The van der Waals surface area contributed by atoms with E-state index in [-0.39, 0.29) is 11.9 Å². The number of benzene rings is 1.